The van der Waals surface area contributed by atoms with Crippen LogP contribution in [0.25, 0.3) is 0 Å². The standard InChI is InChI=1S/C8H14N4O6P2/c13-19(14,15)10-6-7-11(20(16,17)18)12(9-10)8-4-2-1-3-5-8/h1-5,9H,6-7H2,(H2,13,14,15)(H2,16,17,18). The molecule has 1 fully saturated rings. The van der Waals surface area contributed by atoms with Crippen molar-refractivity contribution >= 4 is 21.2 Å². The van der Waals surface area contributed by atoms with Crippen LogP contribution in [0, 0.1) is 0 Å². The molecule has 12 heteroatoms. The Morgan fingerprint density at radius 1 is 0.950 bits per heavy atom. The molecule has 0 saturated carbocycles. The van der Waals surface area contributed by atoms with Crippen LogP contribution in [0.3, 0.4) is 0 Å². The van der Waals surface area contributed by atoms with E-state index in [4.69, 9.17) is 9.79 Å². The monoisotopic (exact) mass is 324 g/mol. The molecular weight excluding hydrogens is 310 g/mol. The smallest absolute Gasteiger partial charge is 0.312 e. The number of hydrogen-bond acceptors (Lipinski definition) is 4. The highest BCUT2D eigenvalue weighted by Gasteiger charge is 2.40. The van der Waals surface area contributed by atoms with Gasteiger partial charge < -0.3 is 19.6 Å². The van der Waals surface area contributed by atoms with Crippen LogP contribution in [-0.4, -0.2) is 42.2 Å². The van der Waals surface area contributed by atoms with Gasteiger partial charge in [-0.3, -0.25) is 0 Å². The van der Waals surface area contributed by atoms with E-state index >= 15 is 0 Å². The lowest BCUT2D eigenvalue weighted by atomic mass is 10.3. The van der Waals surface area contributed by atoms with Crippen LogP contribution in [0.15, 0.2) is 30.3 Å². The third kappa shape index (κ3) is 3.44. The zero-order valence-electron chi connectivity index (χ0n) is 10.1. The second-order valence-corrected chi connectivity index (χ2v) is 6.99. The quantitative estimate of drug-likeness (QED) is 0.468. The summed E-state index contributed by atoms with van der Waals surface area (Å²) < 4.78 is 24.0. The van der Waals surface area contributed by atoms with Gasteiger partial charge in [-0.15, -0.1) is 15.1 Å². The average Bonchev–Trinajstić information content (AvgIpc) is 2.37. The molecule has 10 nitrogen and oxygen atoms in total. The summed E-state index contributed by atoms with van der Waals surface area (Å²) >= 11 is 0. The van der Waals surface area contributed by atoms with E-state index in [1.807, 2.05) is 0 Å². The molecule has 2 rings (SSSR count). The van der Waals surface area contributed by atoms with Crippen molar-refractivity contribution < 1.29 is 28.7 Å². The normalized spacial score (nSPS) is 19.3. The van der Waals surface area contributed by atoms with Crippen molar-refractivity contribution in [3.8, 4) is 0 Å². The molecule has 112 valence electrons. The van der Waals surface area contributed by atoms with E-state index in [9.17, 15) is 18.9 Å². The highest BCUT2D eigenvalue weighted by Crippen LogP contribution is 2.46. The Morgan fingerprint density at radius 2 is 1.55 bits per heavy atom. The van der Waals surface area contributed by atoms with Gasteiger partial charge in [-0.1, -0.05) is 18.2 Å². The molecule has 0 unspecified atom stereocenters. The first-order valence-electron chi connectivity index (χ1n) is 5.48. The lowest BCUT2D eigenvalue weighted by Gasteiger charge is -2.43. The van der Waals surface area contributed by atoms with Gasteiger partial charge in [0.25, 0.3) is 0 Å². The van der Waals surface area contributed by atoms with Crippen molar-refractivity contribution in [2.24, 2.45) is 0 Å². The highest BCUT2D eigenvalue weighted by atomic mass is 31.2. The van der Waals surface area contributed by atoms with Crippen LogP contribution in [0.4, 0.5) is 5.69 Å². The first-order valence-corrected chi connectivity index (χ1v) is 8.61. The summed E-state index contributed by atoms with van der Waals surface area (Å²) in [6.45, 7) is -0.504. The Kier molecular flexibility index (Phi) is 4.31. The Bertz CT molecular complexity index is 559. The zero-order chi connectivity index (χ0) is 15.0. The molecule has 0 aliphatic carbocycles. The molecule has 0 aromatic heterocycles. The SMILES string of the molecule is O=P(O)(O)N1CCN(P(=O)(O)O)N(c2ccccc2)N1. The van der Waals surface area contributed by atoms with Gasteiger partial charge in [0.2, 0.25) is 0 Å². The molecule has 1 heterocycles. The fourth-order valence-electron chi connectivity index (χ4n) is 1.69. The van der Waals surface area contributed by atoms with E-state index in [-0.39, 0.29) is 13.1 Å². The first kappa shape index (κ1) is 15.6. The molecule has 0 amide bonds. The summed E-state index contributed by atoms with van der Waals surface area (Å²) in [7, 11) is -9.20. The van der Waals surface area contributed by atoms with Gasteiger partial charge in [0.05, 0.1) is 5.69 Å². The summed E-state index contributed by atoms with van der Waals surface area (Å²) in [6, 6.07) is 8.05. The minimum absolute atomic E-state index is 0.251. The summed E-state index contributed by atoms with van der Waals surface area (Å²) in [4.78, 5) is 36.9. The Balaban J connectivity index is 2.34. The number of rotatable bonds is 3. The molecule has 1 aliphatic heterocycles. The number of hydrogen-bond donors (Lipinski definition) is 5. The second-order valence-electron chi connectivity index (χ2n) is 3.99. The number of nitrogens with one attached hydrogen (secondary N) is 1. The van der Waals surface area contributed by atoms with E-state index in [1.54, 1.807) is 30.3 Å². The van der Waals surface area contributed by atoms with Crippen molar-refractivity contribution in [3.05, 3.63) is 30.3 Å². The van der Waals surface area contributed by atoms with Crippen molar-refractivity contribution in [1.29, 1.82) is 0 Å². The highest BCUT2D eigenvalue weighted by molar-refractivity contribution is 7.49. The van der Waals surface area contributed by atoms with Crippen LogP contribution in [0.1, 0.15) is 0 Å². The van der Waals surface area contributed by atoms with Crippen LogP contribution in [0.2, 0.25) is 0 Å². The molecule has 5 N–H and O–H groups in total. The van der Waals surface area contributed by atoms with Gasteiger partial charge in [-0.2, -0.15) is 0 Å². The molecule has 0 bridgehead atoms. The lowest BCUT2D eigenvalue weighted by Crippen LogP contribution is -2.62. The molecule has 1 saturated heterocycles. The van der Waals surface area contributed by atoms with Gasteiger partial charge in [-0.05, 0) is 12.1 Å². The summed E-state index contributed by atoms with van der Waals surface area (Å²) in [5, 5.41) is 0.920. The molecule has 1 aliphatic rings. The Morgan fingerprint density at radius 3 is 2.05 bits per heavy atom. The van der Waals surface area contributed by atoms with Crippen molar-refractivity contribution in [2.75, 3.05) is 18.2 Å². The fraction of sp³-hybridized carbons (Fsp3) is 0.250. The van der Waals surface area contributed by atoms with Crippen LogP contribution < -0.4 is 10.7 Å². The maximum absolute atomic E-state index is 11.5. The van der Waals surface area contributed by atoms with E-state index in [2.05, 4.69) is 5.53 Å². The van der Waals surface area contributed by atoms with Crippen molar-refractivity contribution in [2.45, 2.75) is 0 Å². The van der Waals surface area contributed by atoms with Gasteiger partial charge in [0, 0.05) is 13.1 Å². The number of para-hydroxylation sites is 1. The van der Waals surface area contributed by atoms with E-state index in [1.165, 1.54) is 0 Å². The van der Waals surface area contributed by atoms with Crippen molar-refractivity contribution in [1.82, 2.24) is 15.1 Å². The molecule has 1 aromatic rings. The van der Waals surface area contributed by atoms with E-state index in [0.717, 1.165) is 5.12 Å². The molecular formula is C8H14N4O6P2. The number of nitrogens with zero attached hydrogens (tertiary/aromatic N) is 3. The maximum atomic E-state index is 11.5. The van der Waals surface area contributed by atoms with Gasteiger partial charge in [-0.25, -0.2) is 14.2 Å². The third-order valence-corrected chi connectivity index (χ3v) is 4.47. The number of benzene rings is 1. The largest absolute Gasteiger partial charge is 0.422 e. The van der Waals surface area contributed by atoms with E-state index < -0.39 is 15.5 Å². The minimum Gasteiger partial charge on any atom is -0.312 e. The molecule has 20 heavy (non-hydrogen) atoms. The fourth-order valence-corrected chi connectivity index (χ4v) is 2.97. The van der Waals surface area contributed by atoms with Gasteiger partial charge >= 0.3 is 15.5 Å². The number of hydrazine groups is 3. The topological polar surface area (TPSA) is 137 Å². The molecule has 0 spiro atoms. The van der Waals surface area contributed by atoms with E-state index in [0.29, 0.717) is 15.2 Å². The van der Waals surface area contributed by atoms with Crippen molar-refractivity contribution in [3.63, 3.8) is 0 Å². The Labute approximate surface area is 114 Å². The summed E-state index contributed by atoms with van der Waals surface area (Å²) in [6.07, 6.45) is 0. The van der Waals surface area contributed by atoms with Crippen LogP contribution >= 0.6 is 15.5 Å². The summed E-state index contributed by atoms with van der Waals surface area (Å²) in [5.74, 6) is 0. The summed E-state index contributed by atoms with van der Waals surface area (Å²) in [5.41, 5.74) is 2.63. The second kappa shape index (κ2) is 5.53. The zero-order valence-corrected chi connectivity index (χ0v) is 11.9. The Hall–Kier alpha value is -0.800. The average molecular weight is 324 g/mol. The minimum atomic E-state index is -4.62. The molecule has 1 aromatic carbocycles. The van der Waals surface area contributed by atoms with Gasteiger partial charge in [0.1, 0.15) is 0 Å². The molecule has 0 atom stereocenters. The van der Waals surface area contributed by atoms with Crippen LogP contribution in [-0.2, 0) is 9.13 Å². The maximum Gasteiger partial charge on any atom is 0.422 e. The molecule has 0 radical (unpaired) electrons. The predicted octanol–water partition coefficient (Wildman–Crippen LogP) is -0.369. The predicted molar refractivity (Wildman–Crippen MR) is 69.6 cm³/mol. The third-order valence-electron chi connectivity index (χ3n) is 2.57. The lowest BCUT2D eigenvalue weighted by molar-refractivity contribution is 0.107. The first-order chi connectivity index (χ1) is 9.19. The number of anilines is 1. The van der Waals surface area contributed by atoms with Crippen LogP contribution in [0.5, 0.6) is 0 Å². The van der Waals surface area contributed by atoms with Gasteiger partial charge in [0.15, 0.2) is 0 Å².